The molecule has 0 radical (unpaired) electrons. The molecule has 1 aromatic carbocycles. The van der Waals surface area contributed by atoms with E-state index in [0.717, 1.165) is 26.1 Å². The highest BCUT2D eigenvalue weighted by Crippen LogP contribution is 2.27. The van der Waals surface area contributed by atoms with E-state index in [1.54, 1.807) is 0 Å². The number of benzene rings is 1. The molecule has 1 aliphatic rings. The molecule has 0 bridgehead atoms. The molecule has 0 spiro atoms. The van der Waals surface area contributed by atoms with E-state index >= 15 is 0 Å². The van der Waals surface area contributed by atoms with E-state index in [1.807, 2.05) is 6.92 Å². The molecular formula is C13H19NO. The van der Waals surface area contributed by atoms with Crippen molar-refractivity contribution in [1.29, 1.82) is 0 Å². The van der Waals surface area contributed by atoms with Gasteiger partial charge in [-0.15, -0.1) is 0 Å². The average molecular weight is 205 g/mol. The van der Waals surface area contributed by atoms with Crippen molar-refractivity contribution in [2.24, 2.45) is 5.73 Å². The first-order valence-electron chi connectivity index (χ1n) is 5.70. The van der Waals surface area contributed by atoms with Crippen LogP contribution in [-0.4, -0.2) is 13.2 Å². The molecule has 0 saturated carbocycles. The molecule has 1 atom stereocenters. The van der Waals surface area contributed by atoms with Crippen LogP contribution in [0.1, 0.15) is 42.9 Å². The minimum Gasteiger partial charge on any atom is -0.381 e. The fraction of sp³-hybridized carbons (Fsp3) is 0.538. The fourth-order valence-electron chi connectivity index (χ4n) is 2.10. The lowest BCUT2D eigenvalue weighted by Gasteiger charge is -2.22. The van der Waals surface area contributed by atoms with Gasteiger partial charge >= 0.3 is 0 Å². The van der Waals surface area contributed by atoms with Crippen molar-refractivity contribution in [2.75, 3.05) is 13.2 Å². The Bertz CT molecular complexity index is 299. The van der Waals surface area contributed by atoms with E-state index in [4.69, 9.17) is 10.5 Å². The fourth-order valence-corrected chi connectivity index (χ4v) is 2.10. The Morgan fingerprint density at radius 1 is 1.20 bits per heavy atom. The molecule has 0 aromatic heterocycles. The third-order valence-corrected chi connectivity index (χ3v) is 3.15. The van der Waals surface area contributed by atoms with Crippen LogP contribution in [0.4, 0.5) is 0 Å². The first-order valence-corrected chi connectivity index (χ1v) is 5.70. The first-order chi connectivity index (χ1) is 7.27. The predicted molar refractivity (Wildman–Crippen MR) is 61.8 cm³/mol. The molecule has 1 fully saturated rings. The summed E-state index contributed by atoms with van der Waals surface area (Å²) in [5, 5.41) is 0. The molecule has 1 aliphatic heterocycles. The van der Waals surface area contributed by atoms with E-state index in [2.05, 4.69) is 24.3 Å². The summed E-state index contributed by atoms with van der Waals surface area (Å²) in [6, 6.07) is 8.86. The van der Waals surface area contributed by atoms with Gasteiger partial charge in [0.05, 0.1) is 0 Å². The monoisotopic (exact) mass is 205 g/mol. The van der Waals surface area contributed by atoms with Gasteiger partial charge in [0.15, 0.2) is 0 Å². The Kier molecular flexibility index (Phi) is 3.39. The second-order valence-electron chi connectivity index (χ2n) is 4.34. The summed E-state index contributed by atoms with van der Waals surface area (Å²) in [5.74, 6) is 0.681. The van der Waals surface area contributed by atoms with Crippen LogP contribution in [0.25, 0.3) is 0 Å². The van der Waals surface area contributed by atoms with Crippen LogP contribution >= 0.6 is 0 Å². The number of rotatable bonds is 2. The Hall–Kier alpha value is -0.860. The lowest BCUT2D eigenvalue weighted by Crippen LogP contribution is -2.14. The van der Waals surface area contributed by atoms with E-state index in [1.165, 1.54) is 11.1 Å². The van der Waals surface area contributed by atoms with Crippen molar-refractivity contribution in [3.63, 3.8) is 0 Å². The Morgan fingerprint density at radius 2 is 1.80 bits per heavy atom. The number of ether oxygens (including phenoxy) is 1. The van der Waals surface area contributed by atoms with Gasteiger partial charge in [0.1, 0.15) is 0 Å². The Balaban J connectivity index is 2.08. The second-order valence-corrected chi connectivity index (χ2v) is 4.34. The zero-order valence-electron chi connectivity index (χ0n) is 9.28. The normalized spacial score (nSPS) is 20.1. The third-order valence-electron chi connectivity index (χ3n) is 3.15. The van der Waals surface area contributed by atoms with Crippen LogP contribution in [0.2, 0.25) is 0 Å². The minimum atomic E-state index is 0.133. The van der Waals surface area contributed by atoms with Crippen molar-refractivity contribution in [2.45, 2.75) is 31.7 Å². The maximum Gasteiger partial charge on any atom is 0.0471 e. The minimum absolute atomic E-state index is 0.133. The summed E-state index contributed by atoms with van der Waals surface area (Å²) in [5.41, 5.74) is 8.47. The lowest BCUT2D eigenvalue weighted by molar-refractivity contribution is 0.0853. The van der Waals surface area contributed by atoms with Gasteiger partial charge in [-0.05, 0) is 36.8 Å². The first kappa shape index (κ1) is 10.7. The molecule has 1 heterocycles. The summed E-state index contributed by atoms with van der Waals surface area (Å²) >= 11 is 0. The van der Waals surface area contributed by atoms with Crippen molar-refractivity contribution < 1.29 is 4.74 Å². The van der Waals surface area contributed by atoms with Gasteiger partial charge in [0, 0.05) is 19.3 Å². The number of nitrogens with two attached hydrogens (primary N) is 1. The Labute approximate surface area is 91.4 Å². The molecule has 1 saturated heterocycles. The van der Waals surface area contributed by atoms with Crippen LogP contribution in [0.3, 0.4) is 0 Å². The molecule has 2 heteroatoms. The van der Waals surface area contributed by atoms with E-state index in [9.17, 15) is 0 Å². The molecule has 15 heavy (non-hydrogen) atoms. The summed E-state index contributed by atoms with van der Waals surface area (Å²) in [6.45, 7) is 3.82. The van der Waals surface area contributed by atoms with Crippen molar-refractivity contribution in [3.05, 3.63) is 35.4 Å². The molecule has 82 valence electrons. The quantitative estimate of drug-likeness (QED) is 0.805. The second kappa shape index (κ2) is 4.77. The molecule has 1 unspecified atom stereocenters. The number of hydrogen-bond acceptors (Lipinski definition) is 2. The van der Waals surface area contributed by atoms with Crippen LogP contribution in [0.5, 0.6) is 0 Å². The van der Waals surface area contributed by atoms with Crippen LogP contribution < -0.4 is 5.73 Å². The van der Waals surface area contributed by atoms with Gasteiger partial charge in [-0.2, -0.15) is 0 Å². The summed E-state index contributed by atoms with van der Waals surface area (Å²) < 4.78 is 5.36. The van der Waals surface area contributed by atoms with E-state index in [0.29, 0.717) is 5.92 Å². The van der Waals surface area contributed by atoms with Crippen LogP contribution in [0.15, 0.2) is 24.3 Å². The van der Waals surface area contributed by atoms with Crippen molar-refractivity contribution in [3.8, 4) is 0 Å². The van der Waals surface area contributed by atoms with Gasteiger partial charge in [0.2, 0.25) is 0 Å². The summed E-state index contributed by atoms with van der Waals surface area (Å²) in [6.07, 6.45) is 2.30. The number of hydrogen-bond donors (Lipinski definition) is 1. The van der Waals surface area contributed by atoms with Crippen LogP contribution in [-0.2, 0) is 4.74 Å². The van der Waals surface area contributed by atoms with Gasteiger partial charge in [-0.3, -0.25) is 0 Å². The largest absolute Gasteiger partial charge is 0.381 e. The maximum absolute atomic E-state index is 5.82. The van der Waals surface area contributed by atoms with E-state index in [-0.39, 0.29) is 6.04 Å². The van der Waals surface area contributed by atoms with Crippen molar-refractivity contribution >= 4 is 0 Å². The Morgan fingerprint density at radius 3 is 2.33 bits per heavy atom. The van der Waals surface area contributed by atoms with E-state index < -0.39 is 0 Å². The smallest absolute Gasteiger partial charge is 0.0471 e. The van der Waals surface area contributed by atoms with Gasteiger partial charge in [0.25, 0.3) is 0 Å². The zero-order chi connectivity index (χ0) is 10.7. The highest BCUT2D eigenvalue weighted by atomic mass is 16.5. The molecule has 2 N–H and O–H groups in total. The highest BCUT2D eigenvalue weighted by Gasteiger charge is 2.15. The SMILES string of the molecule is CC(N)c1ccc(C2CCOCC2)cc1. The molecular weight excluding hydrogens is 186 g/mol. The van der Waals surface area contributed by atoms with Gasteiger partial charge in [-0.1, -0.05) is 24.3 Å². The van der Waals surface area contributed by atoms with Crippen molar-refractivity contribution in [1.82, 2.24) is 0 Å². The maximum atomic E-state index is 5.82. The molecule has 0 aliphatic carbocycles. The standard InChI is InChI=1S/C13H19NO/c1-10(14)11-2-4-12(5-3-11)13-6-8-15-9-7-13/h2-5,10,13H,6-9,14H2,1H3. The summed E-state index contributed by atoms with van der Waals surface area (Å²) in [4.78, 5) is 0. The molecule has 1 aromatic rings. The topological polar surface area (TPSA) is 35.2 Å². The molecule has 0 amide bonds. The predicted octanol–water partition coefficient (Wildman–Crippen LogP) is 2.60. The summed E-state index contributed by atoms with van der Waals surface area (Å²) in [7, 11) is 0. The van der Waals surface area contributed by atoms with Gasteiger partial charge in [-0.25, -0.2) is 0 Å². The lowest BCUT2D eigenvalue weighted by atomic mass is 9.91. The van der Waals surface area contributed by atoms with Crippen LogP contribution in [0, 0.1) is 0 Å². The molecule has 2 nitrogen and oxygen atoms in total. The van der Waals surface area contributed by atoms with Gasteiger partial charge < -0.3 is 10.5 Å². The zero-order valence-corrected chi connectivity index (χ0v) is 9.28. The highest BCUT2D eigenvalue weighted by molar-refractivity contribution is 5.27. The molecule has 2 rings (SSSR count). The average Bonchev–Trinajstić information content (AvgIpc) is 2.30. The third kappa shape index (κ3) is 2.58.